The summed E-state index contributed by atoms with van der Waals surface area (Å²) in [6.07, 6.45) is 2.40. The summed E-state index contributed by atoms with van der Waals surface area (Å²) in [5.41, 5.74) is 2.52. The normalized spacial score (nSPS) is 10.2. The average Bonchev–Trinajstić information content (AvgIpc) is 2.89. The number of aromatic nitrogens is 2. The third kappa shape index (κ3) is 2.94. The number of hydrazine groups is 1. The fraction of sp³-hybridized carbons (Fsp3) is 0.273. The van der Waals surface area contributed by atoms with Gasteiger partial charge in [0.25, 0.3) is 0 Å². The number of nitrogens with two attached hydrogens (primary N) is 1. The van der Waals surface area contributed by atoms with Crippen molar-refractivity contribution in [1.82, 2.24) is 9.97 Å². The molecule has 0 atom stereocenters. The van der Waals surface area contributed by atoms with E-state index >= 15 is 0 Å². The van der Waals surface area contributed by atoms with Crippen LogP contribution in [0.5, 0.6) is 0 Å². The van der Waals surface area contributed by atoms with Crippen LogP contribution in [0, 0.1) is 0 Å². The summed E-state index contributed by atoms with van der Waals surface area (Å²) in [4.78, 5) is 8.54. The van der Waals surface area contributed by atoms with Crippen molar-refractivity contribution in [2.45, 2.75) is 19.9 Å². The highest BCUT2D eigenvalue weighted by molar-refractivity contribution is 5.46. The quantitative estimate of drug-likeness (QED) is 0.536. The third-order valence-electron chi connectivity index (χ3n) is 2.26. The molecule has 17 heavy (non-hydrogen) atoms. The van der Waals surface area contributed by atoms with Crippen molar-refractivity contribution in [1.29, 1.82) is 0 Å². The van der Waals surface area contributed by atoms with Crippen molar-refractivity contribution in [3.05, 3.63) is 36.0 Å². The Labute approximate surface area is 99.2 Å². The van der Waals surface area contributed by atoms with Crippen LogP contribution in [-0.2, 0) is 13.0 Å². The van der Waals surface area contributed by atoms with Crippen LogP contribution in [0.3, 0.4) is 0 Å². The lowest BCUT2D eigenvalue weighted by Crippen LogP contribution is -2.12. The number of aryl methyl sites for hydroxylation is 1. The van der Waals surface area contributed by atoms with Gasteiger partial charge in [-0.15, -0.1) is 0 Å². The molecule has 2 aromatic heterocycles. The largest absolute Gasteiger partial charge is 0.467 e. The van der Waals surface area contributed by atoms with Crippen LogP contribution in [0.25, 0.3) is 0 Å². The third-order valence-corrected chi connectivity index (χ3v) is 2.26. The Kier molecular flexibility index (Phi) is 3.56. The average molecular weight is 233 g/mol. The van der Waals surface area contributed by atoms with Gasteiger partial charge in [-0.1, -0.05) is 6.92 Å². The van der Waals surface area contributed by atoms with E-state index in [0.717, 1.165) is 23.8 Å². The lowest BCUT2D eigenvalue weighted by Gasteiger charge is -2.07. The summed E-state index contributed by atoms with van der Waals surface area (Å²) < 4.78 is 5.22. The maximum Gasteiger partial charge on any atom is 0.145 e. The zero-order chi connectivity index (χ0) is 12.1. The number of furan rings is 1. The first-order valence-corrected chi connectivity index (χ1v) is 5.42. The molecule has 0 radical (unpaired) electrons. The van der Waals surface area contributed by atoms with Gasteiger partial charge < -0.3 is 15.2 Å². The van der Waals surface area contributed by atoms with Gasteiger partial charge in [0.15, 0.2) is 0 Å². The summed E-state index contributed by atoms with van der Waals surface area (Å²) in [5.74, 6) is 8.26. The first-order chi connectivity index (χ1) is 8.31. The molecule has 0 saturated carbocycles. The molecular weight excluding hydrogens is 218 g/mol. The Morgan fingerprint density at radius 2 is 2.18 bits per heavy atom. The Morgan fingerprint density at radius 1 is 1.35 bits per heavy atom. The molecule has 0 unspecified atom stereocenters. The molecule has 2 heterocycles. The Hall–Kier alpha value is -2.08. The molecule has 0 fully saturated rings. The lowest BCUT2D eigenvalue weighted by atomic mass is 10.4. The van der Waals surface area contributed by atoms with Crippen LogP contribution in [0.4, 0.5) is 11.6 Å². The van der Waals surface area contributed by atoms with Crippen LogP contribution >= 0.6 is 0 Å². The van der Waals surface area contributed by atoms with Gasteiger partial charge in [-0.3, -0.25) is 0 Å². The van der Waals surface area contributed by atoms with Gasteiger partial charge >= 0.3 is 0 Å². The van der Waals surface area contributed by atoms with Crippen LogP contribution < -0.4 is 16.6 Å². The van der Waals surface area contributed by atoms with Crippen molar-refractivity contribution in [3.63, 3.8) is 0 Å². The second-order valence-corrected chi connectivity index (χ2v) is 3.49. The van der Waals surface area contributed by atoms with Crippen molar-refractivity contribution in [2.75, 3.05) is 10.7 Å². The van der Waals surface area contributed by atoms with Gasteiger partial charge in [0.1, 0.15) is 23.2 Å². The SMILES string of the molecule is CCc1nc(NN)cc(NCc2ccco2)n1. The molecule has 0 amide bonds. The molecule has 0 aliphatic carbocycles. The molecule has 6 nitrogen and oxygen atoms in total. The molecule has 4 N–H and O–H groups in total. The summed E-state index contributed by atoms with van der Waals surface area (Å²) in [5, 5.41) is 3.16. The minimum absolute atomic E-state index is 0.581. The molecule has 90 valence electrons. The maximum absolute atomic E-state index is 5.35. The van der Waals surface area contributed by atoms with E-state index in [1.54, 1.807) is 12.3 Å². The van der Waals surface area contributed by atoms with E-state index in [4.69, 9.17) is 10.3 Å². The molecule has 0 spiro atoms. The van der Waals surface area contributed by atoms with Gasteiger partial charge in [-0.2, -0.15) is 0 Å². The highest BCUT2D eigenvalue weighted by Crippen LogP contribution is 2.12. The predicted octanol–water partition coefficient (Wildman–Crippen LogP) is 1.53. The molecule has 0 bridgehead atoms. The zero-order valence-corrected chi connectivity index (χ0v) is 9.60. The Bertz CT molecular complexity index is 446. The van der Waals surface area contributed by atoms with E-state index in [9.17, 15) is 0 Å². The van der Waals surface area contributed by atoms with Crippen molar-refractivity contribution in [3.8, 4) is 0 Å². The molecule has 2 rings (SSSR count). The van der Waals surface area contributed by atoms with E-state index in [-0.39, 0.29) is 0 Å². The molecule has 0 aliphatic rings. The van der Waals surface area contributed by atoms with Crippen LogP contribution in [-0.4, -0.2) is 9.97 Å². The standard InChI is InChI=1S/C11H15N5O/c1-2-9-14-10(6-11(15-9)16-12)13-7-8-4-3-5-17-8/h3-6H,2,7,12H2,1H3,(H2,13,14,15,16). The summed E-state index contributed by atoms with van der Waals surface area (Å²) in [6.45, 7) is 2.57. The second-order valence-electron chi connectivity index (χ2n) is 3.49. The fourth-order valence-electron chi connectivity index (χ4n) is 1.41. The number of nitrogen functional groups attached to an aromatic ring is 1. The topological polar surface area (TPSA) is 89.0 Å². The molecule has 0 aromatic carbocycles. The highest BCUT2D eigenvalue weighted by Gasteiger charge is 2.03. The van der Waals surface area contributed by atoms with Gasteiger partial charge in [0.2, 0.25) is 0 Å². The van der Waals surface area contributed by atoms with Gasteiger partial charge in [-0.25, -0.2) is 15.8 Å². The number of hydrogen-bond donors (Lipinski definition) is 3. The Balaban J connectivity index is 2.09. The zero-order valence-electron chi connectivity index (χ0n) is 9.60. The first kappa shape index (κ1) is 11.4. The van der Waals surface area contributed by atoms with Crippen LogP contribution in [0.1, 0.15) is 18.5 Å². The smallest absolute Gasteiger partial charge is 0.145 e. The van der Waals surface area contributed by atoms with Crippen molar-refractivity contribution < 1.29 is 4.42 Å². The number of hydrogen-bond acceptors (Lipinski definition) is 6. The van der Waals surface area contributed by atoms with Gasteiger partial charge in [0, 0.05) is 12.5 Å². The van der Waals surface area contributed by atoms with E-state index in [0.29, 0.717) is 12.4 Å². The van der Waals surface area contributed by atoms with Crippen molar-refractivity contribution in [2.24, 2.45) is 5.84 Å². The minimum atomic E-state index is 0.581. The molecule has 0 saturated heterocycles. The molecule has 0 aliphatic heterocycles. The predicted molar refractivity (Wildman–Crippen MR) is 65.3 cm³/mol. The van der Waals surface area contributed by atoms with Gasteiger partial charge in [-0.05, 0) is 12.1 Å². The van der Waals surface area contributed by atoms with Crippen LogP contribution in [0.15, 0.2) is 28.9 Å². The van der Waals surface area contributed by atoms with Crippen molar-refractivity contribution >= 4 is 11.6 Å². The first-order valence-electron chi connectivity index (χ1n) is 5.42. The van der Waals surface area contributed by atoms with E-state index in [2.05, 4.69) is 20.7 Å². The summed E-state index contributed by atoms with van der Waals surface area (Å²) >= 11 is 0. The van der Waals surface area contributed by atoms with Gasteiger partial charge in [0.05, 0.1) is 12.8 Å². The molecule has 6 heteroatoms. The Morgan fingerprint density at radius 3 is 2.82 bits per heavy atom. The second kappa shape index (κ2) is 5.31. The minimum Gasteiger partial charge on any atom is -0.467 e. The molecular formula is C11H15N5O. The number of nitrogens with zero attached hydrogens (tertiary/aromatic N) is 2. The molecule has 2 aromatic rings. The number of rotatable bonds is 5. The van der Waals surface area contributed by atoms with E-state index < -0.39 is 0 Å². The fourth-order valence-corrected chi connectivity index (χ4v) is 1.41. The summed E-state index contributed by atoms with van der Waals surface area (Å²) in [7, 11) is 0. The van der Waals surface area contributed by atoms with E-state index in [1.165, 1.54) is 0 Å². The summed E-state index contributed by atoms with van der Waals surface area (Å²) in [6, 6.07) is 5.50. The van der Waals surface area contributed by atoms with E-state index in [1.807, 2.05) is 19.1 Å². The number of anilines is 2. The monoisotopic (exact) mass is 233 g/mol. The van der Waals surface area contributed by atoms with Crippen LogP contribution in [0.2, 0.25) is 0 Å². The number of nitrogens with one attached hydrogen (secondary N) is 2. The highest BCUT2D eigenvalue weighted by atomic mass is 16.3. The lowest BCUT2D eigenvalue weighted by molar-refractivity contribution is 0.517. The maximum atomic E-state index is 5.35.